The Morgan fingerprint density at radius 3 is 1.36 bits per heavy atom. The van der Waals surface area contributed by atoms with Crippen LogP contribution in [0.3, 0.4) is 0 Å². The van der Waals surface area contributed by atoms with Gasteiger partial charge in [-0.2, -0.15) is 0 Å². The summed E-state index contributed by atoms with van der Waals surface area (Å²) in [6.45, 7) is -1.84. The van der Waals surface area contributed by atoms with Crippen LogP contribution in [-0.2, 0) is 9.59 Å². The molecule has 0 aromatic carbocycles. The van der Waals surface area contributed by atoms with Gasteiger partial charge in [0.05, 0.1) is 25.4 Å². The second-order valence-corrected chi connectivity index (χ2v) is 8.07. The summed E-state index contributed by atoms with van der Waals surface area (Å²) in [5, 5.41) is 100. The van der Waals surface area contributed by atoms with Gasteiger partial charge in [0.1, 0.15) is 36.6 Å². The van der Waals surface area contributed by atoms with Crippen molar-refractivity contribution < 1.29 is 60.7 Å². The van der Waals surface area contributed by atoms with Crippen LogP contribution in [-0.4, -0.2) is 169 Å². The Hall–Kier alpha value is -1.80. The third-order valence-corrected chi connectivity index (χ3v) is 5.18. The molecule has 0 saturated carbocycles. The summed E-state index contributed by atoms with van der Waals surface area (Å²) in [7, 11) is 0. The highest BCUT2D eigenvalue weighted by atomic mass is 16.4. The molecule has 0 spiro atoms. The number of hydrogen-bond acceptors (Lipinski definition) is 14. The van der Waals surface area contributed by atoms with Crippen LogP contribution in [0.1, 0.15) is 0 Å². The minimum atomic E-state index is -1.78. The predicted molar refractivity (Wildman–Crippen MR) is 123 cm³/mol. The minimum absolute atomic E-state index is 0.0425. The van der Waals surface area contributed by atoms with E-state index in [4.69, 9.17) is 15.9 Å². The van der Waals surface area contributed by atoms with Crippen LogP contribution in [0.4, 0.5) is 0 Å². The Morgan fingerprint density at radius 1 is 0.667 bits per heavy atom. The van der Waals surface area contributed by atoms with E-state index in [1.54, 1.807) is 0 Å². The van der Waals surface area contributed by atoms with Gasteiger partial charge in [-0.15, -0.1) is 0 Å². The van der Waals surface area contributed by atoms with Crippen LogP contribution in [0, 0.1) is 0 Å². The van der Waals surface area contributed by atoms with Gasteiger partial charge in [0.25, 0.3) is 0 Å². The molecule has 0 aliphatic carbocycles. The summed E-state index contributed by atoms with van der Waals surface area (Å²) < 4.78 is 0. The van der Waals surface area contributed by atoms with Crippen molar-refractivity contribution in [1.82, 2.24) is 15.5 Å². The van der Waals surface area contributed by atoms with Crippen LogP contribution in [0.25, 0.3) is 0 Å². The summed E-state index contributed by atoms with van der Waals surface area (Å²) in [5.74, 6) is -1.44. The number of amides is 2. The van der Waals surface area contributed by atoms with E-state index in [9.17, 15) is 50.4 Å². The van der Waals surface area contributed by atoms with Gasteiger partial charge >= 0.3 is 0 Å². The van der Waals surface area contributed by atoms with Gasteiger partial charge in [0, 0.05) is 51.4 Å². The average molecular weight is 529 g/mol. The normalized spacial score (nSPS) is 18.7. The quantitative estimate of drug-likeness (QED) is 0.0516. The van der Waals surface area contributed by atoms with Crippen molar-refractivity contribution in [2.45, 2.75) is 48.8 Å². The van der Waals surface area contributed by atoms with Crippen molar-refractivity contribution >= 4 is 11.8 Å². The number of carbonyl (C=O) groups is 2. The number of nitrogens with one attached hydrogen (secondary N) is 2. The Kier molecular flexibility index (Phi) is 17.5. The fourth-order valence-corrected chi connectivity index (χ4v) is 2.89. The first-order valence-electron chi connectivity index (χ1n) is 11.2. The van der Waals surface area contributed by atoms with Crippen molar-refractivity contribution in [2.24, 2.45) is 5.73 Å². The van der Waals surface area contributed by atoms with Crippen molar-refractivity contribution in [1.29, 1.82) is 0 Å². The predicted octanol–water partition coefficient (Wildman–Crippen LogP) is -8.09. The lowest BCUT2D eigenvalue weighted by atomic mass is 10.0. The van der Waals surface area contributed by atoms with E-state index in [2.05, 4.69) is 10.6 Å². The summed E-state index contributed by atoms with van der Waals surface area (Å²) >= 11 is 0. The van der Waals surface area contributed by atoms with Gasteiger partial charge in [-0.3, -0.25) is 9.59 Å². The maximum atomic E-state index is 12.3. The highest BCUT2D eigenvalue weighted by Gasteiger charge is 2.30. The second-order valence-electron chi connectivity index (χ2n) is 8.07. The molecule has 0 fully saturated rings. The van der Waals surface area contributed by atoms with Crippen molar-refractivity contribution in [3.8, 4) is 0 Å². The topological polar surface area (TPSA) is 290 Å². The van der Waals surface area contributed by atoms with E-state index in [-0.39, 0.29) is 39.3 Å². The molecule has 0 unspecified atom stereocenters. The smallest absolute Gasteiger partial charge is 0.246 e. The number of hydrogen-bond donors (Lipinski definition) is 13. The molecular weight excluding hydrogens is 488 g/mol. The average Bonchev–Trinajstić information content (AvgIpc) is 2.87. The van der Waals surface area contributed by atoms with Crippen LogP contribution in [0.2, 0.25) is 0 Å². The van der Waals surface area contributed by atoms with Crippen molar-refractivity contribution in [3.63, 3.8) is 0 Å². The Morgan fingerprint density at radius 2 is 1.03 bits per heavy atom. The first-order valence-corrected chi connectivity index (χ1v) is 11.2. The van der Waals surface area contributed by atoms with Crippen molar-refractivity contribution in [3.05, 3.63) is 12.2 Å². The number of primary amides is 1. The molecule has 212 valence electrons. The molecule has 16 nitrogen and oxygen atoms in total. The lowest BCUT2D eigenvalue weighted by Crippen LogP contribution is -2.50. The monoisotopic (exact) mass is 528 g/mol. The van der Waals surface area contributed by atoms with Gasteiger partial charge in [0.2, 0.25) is 11.8 Å². The molecule has 36 heavy (non-hydrogen) atoms. The molecule has 0 saturated heterocycles. The summed E-state index contributed by atoms with van der Waals surface area (Å²) in [4.78, 5) is 24.5. The highest BCUT2D eigenvalue weighted by molar-refractivity contribution is 5.96. The zero-order valence-corrected chi connectivity index (χ0v) is 19.7. The number of carbonyl (C=O) groups excluding carboxylic acids is 2. The molecule has 0 aromatic rings. The molecule has 8 atom stereocenters. The maximum Gasteiger partial charge on any atom is 0.246 e. The number of aliphatic hydroxyl groups is 10. The first-order chi connectivity index (χ1) is 16.9. The maximum absolute atomic E-state index is 12.3. The molecule has 0 radical (unpaired) electrons. The fraction of sp³-hybridized carbons (Fsp3) is 0.800. The SMILES string of the molecule is NC(=O)C=CC(=O)N(CCNC[C@H](O)[C@@H](O)[C@H](O)[C@H](O)CO)CCNC[C@H](O)[C@@H](O)[C@H](O)[C@H](O)CO. The lowest BCUT2D eigenvalue weighted by Gasteiger charge is -2.27. The first kappa shape index (κ1) is 34.2. The number of aliphatic hydroxyl groups excluding tert-OH is 10. The third-order valence-electron chi connectivity index (χ3n) is 5.18. The van der Waals surface area contributed by atoms with Gasteiger partial charge in [-0.1, -0.05) is 0 Å². The molecule has 0 aromatic heterocycles. The van der Waals surface area contributed by atoms with E-state index in [0.717, 1.165) is 12.2 Å². The number of rotatable bonds is 20. The van der Waals surface area contributed by atoms with Gasteiger partial charge in [-0.05, 0) is 0 Å². The zero-order chi connectivity index (χ0) is 27.8. The molecule has 0 heterocycles. The van der Waals surface area contributed by atoms with E-state index < -0.39 is 73.9 Å². The fourth-order valence-electron chi connectivity index (χ4n) is 2.89. The third kappa shape index (κ3) is 12.9. The van der Waals surface area contributed by atoms with Crippen molar-refractivity contribution in [2.75, 3.05) is 52.5 Å². The summed E-state index contributed by atoms with van der Waals surface area (Å²) in [6.07, 6.45) is -11.6. The van der Waals surface area contributed by atoms with Crippen LogP contribution in [0.15, 0.2) is 12.2 Å². The minimum Gasteiger partial charge on any atom is -0.394 e. The van der Waals surface area contributed by atoms with Crippen LogP contribution < -0.4 is 16.4 Å². The lowest BCUT2D eigenvalue weighted by molar-refractivity contribution is -0.126. The van der Waals surface area contributed by atoms with E-state index >= 15 is 0 Å². The van der Waals surface area contributed by atoms with E-state index in [1.807, 2.05) is 0 Å². The molecule has 0 aliphatic rings. The number of nitrogens with zero attached hydrogens (tertiary/aromatic N) is 1. The second kappa shape index (κ2) is 18.4. The standard InChI is InChI=1S/C20H40N4O12/c21-15(31)1-2-16(32)24(5-3-22-7-11(27)17(33)19(35)13(29)9-25)6-4-23-8-12(28)18(34)20(36)14(30)10-26/h1-2,11-14,17-20,22-23,25-30,33-36H,3-10H2,(H2,21,31)/t11-,12-,13+,14+,17+,18+,19+,20+/m0/s1. The molecule has 0 aliphatic heterocycles. The Balaban J connectivity index is 4.73. The highest BCUT2D eigenvalue weighted by Crippen LogP contribution is 2.05. The summed E-state index contributed by atoms with van der Waals surface area (Å²) in [5.41, 5.74) is 4.99. The van der Waals surface area contributed by atoms with Gasteiger partial charge < -0.3 is 72.3 Å². The number of nitrogens with two attached hydrogens (primary N) is 1. The van der Waals surface area contributed by atoms with Crippen LogP contribution >= 0.6 is 0 Å². The van der Waals surface area contributed by atoms with Gasteiger partial charge in [0.15, 0.2) is 0 Å². The van der Waals surface area contributed by atoms with Crippen LogP contribution in [0.5, 0.6) is 0 Å². The van der Waals surface area contributed by atoms with Gasteiger partial charge in [-0.25, -0.2) is 0 Å². The molecule has 2 amide bonds. The largest absolute Gasteiger partial charge is 0.394 e. The van der Waals surface area contributed by atoms with E-state index in [1.165, 1.54) is 4.90 Å². The van der Waals surface area contributed by atoms with E-state index in [0.29, 0.717) is 0 Å². The molecular formula is C20H40N4O12. The zero-order valence-electron chi connectivity index (χ0n) is 19.7. The molecule has 16 heteroatoms. The summed E-state index contributed by atoms with van der Waals surface area (Å²) in [6, 6.07) is 0. The Bertz CT molecular complexity index is 622. The molecule has 0 rings (SSSR count). The Labute approximate surface area is 207 Å². The molecule has 14 N–H and O–H groups in total. The molecule has 0 bridgehead atoms.